The van der Waals surface area contributed by atoms with E-state index in [1.54, 1.807) is 0 Å². The molecule has 1 atom stereocenters. The van der Waals surface area contributed by atoms with Gasteiger partial charge in [0.2, 0.25) is 0 Å². The van der Waals surface area contributed by atoms with E-state index in [0.29, 0.717) is 10.0 Å². The fraction of sp³-hybridized carbons (Fsp3) is 0.200. The lowest BCUT2D eigenvalue weighted by atomic mass is 9.97. The third-order valence-corrected chi connectivity index (χ3v) is 3.93. The standard InChI is InChI=1S/C15H14BrF3N2/c1-9-2-4-10(5-3-9)14(21-20)12-8-11(15(17,18)19)6-7-13(12)16/h2-8,14,21H,20H2,1H3. The molecule has 21 heavy (non-hydrogen) atoms. The zero-order chi connectivity index (χ0) is 15.6. The van der Waals surface area contributed by atoms with Crippen LogP contribution in [0.15, 0.2) is 46.9 Å². The number of hydrogen-bond acceptors (Lipinski definition) is 2. The quantitative estimate of drug-likeness (QED) is 0.633. The van der Waals surface area contributed by atoms with Crippen LogP contribution in [0.3, 0.4) is 0 Å². The predicted octanol–water partition coefficient (Wildman–Crippen LogP) is 4.33. The lowest BCUT2D eigenvalue weighted by Crippen LogP contribution is -2.29. The van der Waals surface area contributed by atoms with E-state index in [9.17, 15) is 13.2 Å². The van der Waals surface area contributed by atoms with Crippen molar-refractivity contribution in [2.75, 3.05) is 0 Å². The van der Waals surface area contributed by atoms with E-state index in [2.05, 4.69) is 21.4 Å². The van der Waals surface area contributed by atoms with Crippen LogP contribution in [0.4, 0.5) is 13.2 Å². The van der Waals surface area contributed by atoms with Crippen molar-refractivity contribution in [3.05, 3.63) is 69.2 Å². The molecule has 0 saturated carbocycles. The second kappa shape index (κ2) is 6.17. The smallest absolute Gasteiger partial charge is 0.271 e. The highest BCUT2D eigenvalue weighted by molar-refractivity contribution is 9.10. The minimum Gasteiger partial charge on any atom is -0.271 e. The first kappa shape index (κ1) is 16.0. The van der Waals surface area contributed by atoms with Crippen molar-refractivity contribution in [1.82, 2.24) is 5.43 Å². The number of halogens is 4. The molecule has 0 saturated heterocycles. The van der Waals surface area contributed by atoms with E-state index < -0.39 is 17.8 Å². The summed E-state index contributed by atoms with van der Waals surface area (Å²) in [5, 5.41) is 0. The first-order valence-corrected chi connectivity index (χ1v) is 7.01. The lowest BCUT2D eigenvalue weighted by Gasteiger charge is -2.20. The number of rotatable bonds is 3. The second-order valence-corrected chi connectivity index (χ2v) is 5.60. The van der Waals surface area contributed by atoms with Crippen LogP contribution in [0.25, 0.3) is 0 Å². The third-order valence-electron chi connectivity index (χ3n) is 3.21. The number of hydrogen-bond donors (Lipinski definition) is 2. The highest BCUT2D eigenvalue weighted by atomic mass is 79.9. The fourth-order valence-corrected chi connectivity index (χ4v) is 2.54. The van der Waals surface area contributed by atoms with Crippen LogP contribution < -0.4 is 11.3 Å². The van der Waals surface area contributed by atoms with Gasteiger partial charge in [0.05, 0.1) is 11.6 Å². The van der Waals surface area contributed by atoms with Crippen LogP contribution in [-0.4, -0.2) is 0 Å². The predicted molar refractivity (Wildman–Crippen MR) is 79.5 cm³/mol. The van der Waals surface area contributed by atoms with Crippen molar-refractivity contribution in [1.29, 1.82) is 0 Å². The van der Waals surface area contributed by atoms with E-state index in [0.717, 1.165) is 23.3 Å². The zero-order valence-corrected chi connectivity index (χ0v) is 12.8. The minimum absolute atomic E-state index is 0.441. The highest BCUT2D eigenvalue weighted by Crippen LogP contribution is 2.35. The normalized spacial score (nSPS) is 13.2. The Kier molecular flexibility index (Phi) is 4.70. The number of aryl methyl sites for hydroxylation is 1. The summed E-state index contributed by atoms with van der Waals surface area (Å²) >= 11 is 3.29. The molecule has 6 heteroatoms. The van der Waals surface area contributed by atoms with Gasteiger partial charge in [-0.15, -0.1) is 0 Å². The second-order valence-electron chi connectivity index (χ2n) is 4.74. The van der Waals surface area contributed by atoms with Crippen molar-refractivity contribution in [2.45, 2.75) is 19.1 Å². The largest absolute Gasteiger partial charge is 0.416 e. The Morgan fingerprint density at radius 3 is 2.24 bits per heavy atom. The summed E-state index contributed by atoms with van der Waals surface area (Å²) in [7, 11) is 0. The van der Waals surface area contributed by atoms with Gasteiger partial charge in [-0.1, -0.05) is 45.8 Å². The van der Waals surface area contributed by atoms with Crippen LogP contribution in [0.5, 0.6) is 0 Å². The van der Waals surface area contributed by atoms with Gasteiger partial charge in [0, 0.05) is 4.47 Å². The van der Waals surface area contributed by atoms with Crippen LogP contribution in [0.1, 0.15) is 28.3 Å². The molecule has 0 fully saturated rings. The number of benzene rings is 2. The van der Waals surface area contributed by atoms with Crippen LogP contribution >= 0.6 is 15.9 Å². The van der Waals surface area contributed by atoms with Crippen molar-refractivity contribution in [2.24, 2.45) is 5.84 Å². The summed E-state index contributed by atoms with van der Waals surface area (Å²) in [6.07, 6.45) is -4.39. The molecule has 2 aromatic rings. The van der Waals surface area contributed by atoms with E-state index in [4.69, 9.17) is 5.84 Å². The van der Waals surface area contributed by atoms with Gasteiger partial charge in [-0.25, -0.2) is 5.43 Å². The van der Waals surface area contributed by atoms with Crippen LogP contribution in [0, 0.1) is 6.92 Å². The third kappa shape index (κ3) is 3.64. The number of nitrogens with two attached hydrogens (primary N) is 1. The van der Waals surface area contributed by atoms with Gasteiger partial charge < -0.3 is 0 Å². The molecule has 1 unspecified atom stereocenters. The van der Waals surface area contributed by atoms with Gasteiger partial charge >= 0.3 is 6.18 Å². The Bertz CT molecular complexity index is 624. The molecule has 3 N–H and O–H groups in total. The molecule has 2 rings (SSSR count). The minimum atomic E-state index is -4.39. The van der Waals surface area contributed by atoms with Crippen molar-refractivity contribution in [3.63, 3.8) is 0 Å². The van der Waals surface area contributed by atoms with E-state index in [1.807, 2.05) is 31.2 Å². The summed E-state index contributed by atoms with van der Waals surface area (Å²) < 4.78 is 39.1. The first-order valence-electron chi connectivity index (χ1n) is 6.22. The Hall–Kier alpha value is -1.37. The summed E-state index contributed by atoms with van der Waals surface area (Å²) in [4.78, 5) is 0. The molecule has 2 aromatic carbocycles. The summed E-state index contributed by atoms with van der Waals surface area (Å²) in [6.45, 7) is 1.94. The Balaban J connectivity index is 2.49. The molecule has 0 aromatic heterocycles. The first-order chi connectivity index (χ1) is 9.82. The van der Waals surface area contributed by atoms with Gasteiger partial charge in [0.15, 0.2) is 0 Å². The zero-order valence-electron chi connectivity index (χ0n) is 11.2. The molecule has 0 heterocycles. The molecule has 0 amide bonds. The monoisotopic (exact) mass is 358 g/mol. The van der Waals surface area contributed by atoms with Gasteiger partial charge in [-0.2, -0.15) is 13.2 Å². The maximum absolute atomic E-state index is 12.9. The molecule has 112 valence electrons. The number of hydrazine groups is 1. The van der Waals surface area contributed by atoms with Gasteiger partial charge in [0.25, 0.3) is 0 Å². The molecule has 0 spiro atoms. The van der Waals surface area contributed by atoms with Gasteiger partial charge in [-0.3, -0.25) is 5.84 Å². The topological polar surface area (TPSA) is 38.0 Å². The van der Waals surface area contributed by atoms with Crippen molar-refractivity contribution >= 4 is 15.9 Å². The molecule has 0 radical (unpaired) electrons. The molecule has 0 aliphatic heterocycles. The Morgan fingerprint density at radius 1 is 1.10 bits per heavy atom. The maximum atomic E-state index is 12.9. The molecule has 0 bridgehead atoms. The summed E-state index contributed by atoms with van der Waals surface area (Å²) in [5.74, 6) is 5.55. The Labute approximate surface area is 129 Å². The molecule has 0 aliphatic carbocycles. The molecular formula is C15H14BrF3N2. The average molecular weight is 359 g/mol. The summed E-state index contributed by atoms with van der Waals surface area (Å²) in [6, 6.07) is 10.5. The van der Waals surface area contributed by atoms with E-state index >= 15 is 0 Å². The van der Waals surface area contributed by atoms with Gasteiger partial charge in [0.1, 0.15) is 0 Å². The van der Waals surface area contributed by atoms with Gasteiger partial charge in [-0.05, 0) is 36.2 Å². The van der Waals surface area contributed by atoms with E-state index in [1.165, 1.54) is 6.07 Å². The Morgan fingerprint density at radius 2 is 1.71 bits per heavy atom. The average Bonchev–Trinajstić information content (AvgIpc) is 2.42. The SMILES string of the molecule is Cc1ccc(C(NN)c2cc(C(F)(F)F)ccc2Br)cc1. The number of nitrogens with one attached hydrogen (secondary N) is 1. The highest BCUT2D eigenvalue weighted by Gasteiger charge is 2.31. The summed E-state index contributed by atoms with van der Waals surface area (Å²) in [5.41, 5.74) is 4.18. The number of alkyl halides is 3. The molecule has 0 aliphatic rings. The fourth-order valence-electron chi connectivity index (χ4n) is 2.07. The van der Waals surface area contributed by atoms with E-state index in [-0.39, 0.29) is 0 Å². The maximum Gasteiger partial charge on any atom is 0.416 e. The van der Waals surface area contributed by atoms with Crippen molar-refractivity contribution < 1.29 is 13.2 Å². The van der Waals surface area contributed by atoms with Crippen LogP contribution in [0.2, 0.25) is 0 Å². The van der Waals surface area contributed by atoms with Crippen LogP contribution in [-0.2, 0) is 6.18 Å². The lowest BCUT2D eigenvalue weighted by molar-refractivity contribution is -0.137. The molecular weight excluding hydrogens is 345 g/mol. The molecule has 2 nitrogen and oxygen atoms in total. The van der Waals surface area contributed by atoms with Crippen molar-refractivity contribution in [3.8, 4) is 0 Å².